The van der Waals surface area contributed by atoms with Crippen LogP contribution in [0.25, 0.3) is 17.1 Å². The van der Waals surface area contributed by atoms with Gasteiger partial charge in [0.15, 0.2) is 12.1 Å². The summed E-state index contributed by atoms with van der Waals surface area (Å²) >= 11 is 6.00. The summed E-state index contributed by atoms with van der Waals surface area (Å²) in [5, 5.41) is 5.07. The van der Waals surface area contributed by atoms with Crippen molar-refractivity contribution in [2.24, 2.45) is 0 Å². The van der Waals surface area contributed by atoms with E-state index in [1.165, 1.54) is 0 Å². The number of carbonyl (C=O) groups excluding carboxylic acids is 1. The Morgan fingerprint density at radius 1 is 1.24 bits per heavy atom. The van der Waals surface area contributed by atoms with Crippen molar-refractivity contribution in [1.29, 1.82) is 0 Å². The number of nitrogens with zero attached hydrogens (tertiary/aromatic N) is 3. The van der Waals surface area contributed by atoms with E-state index in [0.29, 0.717) is 22.1 Å². The number of benzene rings is 1. The first-order valence-electron chi connectivity index (χ1n) is 6.41. The number of pyridine rings is 1. The number of aryl methyl sites for hydroxylation is 1. The fraction of sp³-hybridized carbons (Fsp3) is 0.0625. The minimum Gasteiger partial charge on any atom is -0.298 e. The molecule has 3 aromatic rings. The van der Waals surface area contributed by atoms with E-state index in [1.807, 2.05) is 31.2 Å². The molecule has 4 nitrogen and oxygen atoms in total. The Kier molecular flexibility index (Phi) is 3.54. The number of halogens is 1. The second-order valence-corrected chi connectivity index (χ2v) is 5.13. The van der Waals surface area contributed by atoms with Gasteiger partial charge in [0, 0.05) is 23.0 Å². The summed E-state index contributed by atoms with van der Waals surface area (Å²) in [4.78, 5) is 15.6. The van der Waals surface area contributed by atoms with Gasteiger partial charge in [-0.2, -0.15) is 5.10 Å². The lowest BCUT2D eigenvalue weighted by atomic mass is 10.1. The average Bonchev–Trinajstić information content (AvgIpc) is 2.91. The van der Waals surface area contributed by atoms with Crippen molar-refractivity contribution in [3.05, 3.63) is 64.9 Å². The Morgan fingerprint density at radius 3 is 2.81 bits per heavy atom. The molecule has 21 heavy (non-hydrogen) atoms. The standard InChI is InChI=1S/C16H12ClN3O/c1-11-5-6-18-15(7-11)20-9-13(10-21)16(19-20)12-3-2-4-14(17)8-12/h2-10H,1H3. The van der Waals surface area contributed by atoms with Crippen LogP contribution in [0.3, 0.4) is 0 Å². The zero-order chi connectivity index (χ0) is 14.8. The van der Waals surface area contributed by atoms with Gasteiger partial charge in [-0.05, 0) is 36.8 Å². The second-order valence-electron chi connectivity index (χ2n) is 4.70. The summed E-state index contributed by atoms with van der Waals surface area (Å²) < 4.78 is 1.60. The minimum absolute atomic E-state index is 0.501. The van der Waals surface area contributed by atoms with Crippen LogP contribution in [0.2, 0.25) is 5.02 Å². The van der Waals surface area contributed by atoms with E-state index in [9.17, 15) is 4.79 Å². The molecule has 0 aliphatic rings. The van der Waals surface area contributed by atoms with Gasteiger partial charge in [0.25, 0.3) is 0 Å². The summed E-state index contributed by atoms with van der Waals surface area (Å²) in [7, 11) is 0. The molecule has 104 valence electrons. The number of hydrogen-bond acceptors (Lipinski definition) is 3. The Hall–Kier alpha value is -2.46. The molecule has 0 N–H and O–H groups in total. The Morgan fingerprint density at radius 2 is 2.10 bits per heavy atom. The topological polar surface area (TPSA) is 47.8 Å². The van der Waals surface area contributed by atoms with Gasteiger partial charge >= 0.3 is 0 Å². The van der Waals surface area contributed by atoms with E-state index in [2.05, 4.69) is 10.1 Å². The number of aromatic nitrogens is 3. The molecule has 0 bridgehead atoms. The molecule has 2 heterocycles. The molecule has 0 saturated heterocycles. The van der Waals surface area contributed by atoms with Crippen LogP contribution in [-0.4, -0.2) is 21.1 Å². The van der Waals surface area contributed by atoms with E-state index in [0.717, 1.165) is 17.4 Å². The highest BCUT2D eigenvalue weighted by molar-refractivity contribution is 6.30. The maximum absolute atomic E-state index is 11.3. The van der Waals surface area contributed by atoms with Gasteiger partial charge in [0.1, 0.15) is 5.69 Å². The molecule has 0 atom stereocenters. The third-order valence-electron chi connectivity index (χ3n) is 3.10. The van der Waals surface area contributed by atoms with Crippen molar-refractivity contribution >= 4 is 17.9 Å². The van der Waals surface area contributed by atoms with E-state index in [-0.39, 0.29) is 0 Å². The summed E-state index contributed by atoms with van der Waals surface area (Å²) in [5.74, 6) is 0.673. The van der Waals surface area contributed by atoms with E-state index in [1.54, 1.807) is 29.2 Å². The molecule has 0 amide bonds. The van der Waals surface area contributed by atoms with Gasteiger partial charge in [0.05, 0.1) is 5.56 Å². The predicted octanol–water partition coefficient (Wildman–Crippen LogP) is 3.71. The zero-order valence-corrected chi connectivity index (χ0v) is 12.1. The quantitative estimate of drug-likeness (QED) is 0.692. The zero-order valence-electron chi connectivity index (χ0n) is 11.3. The van der Waals surface area contributed by atoms with Crippen molar-refractivity contribution in [3.8, 4) is 17.1 Å². The molecule has 0 radical (unpaired) electrons. The molecule has 0 aliphatic heterocycles. The van der Waals surface area contributed by atoms with Crippen molar-refractivity contribution in [3.63, 3.8) is 0 Å². The fourth-order valence-electron chi connectivity index (χ4n) is 2.10. The van der Waals surface area contributed by atoms with Crippen LogP contribution in [0.15, 0.2) is 48.8 Å². The van der Waals surface area contributed by atoms with Gasteiger partial charge in [0.2, 0.25) is 0 Å². The average molecular weight is 298 g/mol. The van der Waals surface area contributed by atoms with Crippen molar-refractivity contribution in [2.75, 3.05) is 0 Å². The van der Waals surface area contributed by atoms with Gasteiger partial charge in [-0.25, -0.2) is 9.67 Å². The van der Waals surface area contributed by atoms with Crippen molar-refractivity contribution < 1.29 is 4.79 Å². The first-order chi connectivity index (χ1) is 10.2. The molecule has 2 aromatic heterocycles. The number of rotatable bonds is 3. The van der Waals surface area contributed by atoms with Crippen LogP contribution in [0, 0.1) is 6.92 Å². The Bertz CT molecular complexity index is 811. The number of carbonyl (C=O) groups is 1. The molecule has 1 aromatic carbocycles. The maximum atomic E-state index is 11.3. The van der Waals surface area contributed by atoms with Gasteiger partial charge in [-0.3, -0.25) is 4.79 Å². The van der Waals surface area contributed by atoms with Crippen LogP contribution in [0.4, 0.5) is 0 Å². The highest BCUT2D eigenvalue weighted by Crippen LogP contribution is 2.24. The summed E-state index contributed by atoms with van der Waals surface area (Å²) in [5.41, 5.74) is 2.97. The first kappa shape index (κ1) is 13.5. The lowest BCUT2D eigenvalue weighted by molar-refractivity contribution is 0.112. The fourth-order valence-corrected chi connectivity index (χ4v) is 2.29. The van der Waals surface area contributed by atoms with Crippen LogP contribution in [-0.2, 0) is 0 Å². The summed E-state index contributed by atoms with van der Waals surface area (Å²) in [6.07, 6.45) is 4.17. The lowest BCUT2D eigenvalue weighted by Crippen LogP contribution is -1.98. The lowest BCUT2D eigenvalue weighted by Gasteiger charge is -2.01. The molecule has 5 heteroatoms. The van der Waals surface area contributed by atoms with Gasteiger partial charge in [-0.1, -0.05) is 23.7 Å². The summed E-state index contributed by atoms with van der Waals surface area (Å²) in [6, 6.07) is 11.1. The third kappa shape index (κ3) is 2.71. The number of hydrogen-bond donors (Lipinski definition) is 0. The molecular weight excluding hydrogens is 286 g/mol. The second kappa shape index (κ2) is 5.50. The molecular formula is C16H12ClN3O. The third-order valence-corrected chi connectivity index (χ3v) is 3.34. The van der Waals surface area contributed by atoms with Crippen LogP contribution in [0.5, 0.6) is 0 Å². The maximum Gasteiger partial charge on any atom is 0.153 e. The first-order valence-corrected chi connectivity index (χ1v) is 6.79. The minimum atomic E-state index is 0.501. The molecule has 0 aliphatic carbocycles. The van der Waals surface area contributed by atoms with E-state index < -0.39 is 0 Å². The largest absolute Gasteiger partial charge is 0.298 e. The molecule has 0 spiro atoms. The molecule has 3 rings (SSSR count). The predicted molar refractivity (Wildman–Crippen MR) is 81.9 cm³/mol. The van der Waals surface area contributed by atoms with Crippen LogP contribution < -0.4 is 0 Å². The molecule has 0 unspecified atom stereocenters. The van der Waals surface area contributed by atoms with Gasteiger partial charge in [-0.15, -0.1) is 0 Å². The molecule has 0 saturated carbocycles. The van der Waals surface area contributed by atoms with Gasteiger partial charge < -0.3 is 0 Å². The number of aldehydes is 1. The van der Waals surface area contributed by atoms with Crippen LogP contribution >= 0.6 is 11.6 Å². The van der Waals surface area contributed by atoms with Crippen LogP contribution in [0.1, 0.15) is 15.9 Å². The molecule has 0 fully saturated rings. The summed E-state index contributed by atoms with van der Waals surface area (Å²) in [6.45, 7) is 1.98. The highest BCUT2D eigenvalue weighted by Gasteiger charge is 2.12. The van der Waals surface area contributed by atoms with Crippen molar-refractivity contribution in [2.45, 2.75) is 6.92 Å². The Labute approximate surface area is 127 Å². The van der Waals surface area contributed by atoms with Crippen molar-refractivity contribution in [1.82, 2.24) is 14.8 Å². The Balaban J connectivity index is 2.13. The highest BCUT2D eigenvalue weighted by atomic mass is 35.5. The monoisotopic (exact) mass is 297 g/mol. The van der Waals surface area contributed by atoms with E-state index >= 15 is 0 Å². The van der Waals surface area contributed by atoms with E-state index in [4.69, 9.17) is 11.6 Å². The normalized spacial score (nSPS) is 10.6. The SMILES string of the molecule is Cc1ccnc(-n2cc(C=O)c(-c3cccc(Cl)c3)n2)c1. The smallest absolute Gasteiger partial charge is 0.153 e.